The van der Waals surface area contributed by atoms with Crippen molar-refractivity contribution >= 4 is 47.0 Å². The van der Waals surface area contributed by atoms with Gasteiger partial charge in [0.15, 0.2) is 11.7 Å². The molecule has 216 valence electrons. The molecule has 0 fully saturated rings. The summed E-state index contributed by atoms with van der Waals surface area (Å²) in [5, 5.41) is 7.42. The average Bonchev–Trinajstić information content (AvgIpc) is 3.39. The summed E-state index contributed by atoms with van der Waals surface area (Å²) in [6.45, 7) is 0. The van der Waals surface area contributed by atoms with Crippen LogP contribution in [0.3, 0.4) is 0 Å². The molecule has 0 saturated heterocycles. The van der Waals surface area contributed by atoms with Gasteiger partial charge in [0.2, 0.25) is 0 Å². The summed E-state index contributed by atoms with van der Waals surface area (Å²) in [5.74, 6) is -3.33. The van der Waals surface area contributed by atoms with E-state index in [1.807, 2.05) is 0 Å². The van der Waals surface area contributed by atoms with Gasteiger partial charge in [0.25, 0.3) is 5.91 Å². The molecule has 4 rings (SSSR count). The normalized spacial score (nSPS) is 12.1. The number of carbonyl (C=O) groups excluding carboxylic acids is 4. The van der Waals surface area contributed by atoms with Crippen molar-refractivity contribution < 1.29 is 33.4 Å². The van der Waals surface area contributed by atoms with Crippen LogP contribution in [0, 0.1) is 0 Å². The molecule has 0 saturated carbocycles. The largest absolute Gasteiger partial charge is 0.467 e. The van der Waals surface area contributed by atoms with Gasteiger partial charge in [-0.1, -0.05) is 77.8 Å². The Hall–Kier alpha value is -4.67. The van der Waals surface area contributed by atoms with Crippen molar-refractivity contribution in [2.24, 2.45) is 0 Å². The SMILES string of the molecule is COC(=O)c1nn([C@@H](c2ccccc2)[C@H](NC(=O)c2ccccc2)C(=O)OC)c(-c2c(Cl)cccc2Cl)c1C(=O)OC. The first-order valence-electron chi connectivity index (χ1n) is 12.5. The average molecular weight is 610 g/mol. The molecule has 0 spiro atoms. The van der Waals surface area contributed by atoms with Crippen LogP contribution < -0.4 is 5.32 Å². The number of hydrogen-bond donors (Lipinski definition) is 1. The molecule has 1 amide bonds. The third-order valence-corrected chi connectivity index (χ3v) is 7.01. The molecule has 12 heteroatoms. The van der Waals surface area contributed by atoms with Gasteiger partial charge in [0.05, 0.1) is 37.1 Å². The molecule has 0 bridgehead atoms. The van der Waals surface area contributed by atoms with Gasteiger partial charge in [-0.25, -0.2) is 14.4 Å². The predicted octanol–water partition coefficient (Wildman–Crippen LogP) is 4.99. The van der Waals surface area contributed by atoms with Gasteiger partial charge in [-0.3, -0.25) is 9.48 Å². The second kappa shape index (κ2) is 13.3. The van der Waals surface area contributed by atoms with Crippen LogP contribution in [0.1, 0.15) is 42.8 Å². The van der Waals surface area contributed by atoms with Crippen LogP contribution in [0.2, 0.25) is 10.0 Å². The molecular formula is C30H25Cl2N3O7. The van der Waals surface area contributed by atoms with Crippen LogP contribution in [0.5, 0.6) is 0 Å². The number of halogens is 2. The minimum Gasteiger partial charge on any atom is -0.467 e. The Morgan fingerprint density at radius 3 is 1.88 bits per heavy atom. The fourth-order valence-electron chi connectivity index (χ4n) is 4.47. The fraction of sp³-hybridized carbons (Fsp3) is 0.167. The van der Waals surface area contributed by atoms with Crippen molar-refractivity contribution in [1.82, 2.24) is 15.1 Å². The van der Waals surface area contributed by atoms with E-state index < -0.39 is 41.6 Å². The third kappa shape index (κ3) is 6.00. The van der Waals surface area contributed by atoms with Crippen LogP contribution in [0.15, 0.2) is 78.9 Å². The molecule has 0 aliphatic carbocycles. The minimum absolute atomic E-state index is 0.0467. The number of benzene rings is 3. The Kier molecular flexibility index (Phi) is 9.61. The number of ether oxygens (including phenoxy) is 3. The summed E-state index contributed by atoms with van der Waals surface area (Å²) in [5.41, 5.74) is 0.0875. The van der Waals surface area contributed by atoms with E-state index in [0.29, 0.717) is 5.56 Å². The van der Waals surface area contributed by atoms with Gasteiger partial charge in [-0.15, -0.1) is 0 Å². The summed E-state index contributed by atoms with van der Waals surface area (Å²) < 4.78 is 16.3. The summed E-state index contributed by atoms with van der Waals surface area (Å²) in [6, 6.07) is 18.8. The maximum Gasteiger partial charge on any atom is 0.359 e. The van der Waals surface area contributed by atoms with Gasteiger partial charge in [0, 0.05) is 11.1 Å². The maximum absolute atomic E-state index is 13.4. The zero-order valence-electron chi connectivity index (χ0n) is 22.7. The molecule has 2 atom stereocenters. The quantitative estimate of drug-likeness (QED) is 0.208. The Morgan fingerprint density at radius 2 is 1.33 bits per heavy atom. The van der Waals surface area contributed by atoms with E-state index in [0.717, 1.165) is 14.2 Å². The zero-order valence-corrected chi connectivity index (χ0v) is 24.2. The van der Waals surface area contributed by atoms with Gasteiger partial charge < -0.3 is 19.5 Å². The lowest BCUT2D eigenvalue weighted by molar-refractivity contribution is -0.143. The van der Waals surface area contributed by atoms with Gasteiger partial charge >= 0.3 is 17.9 Å². The summed E-state index contributed by atoms with van der Waals surface area (Å²) >= 11 is 13.2. The lowest BCUT2D eigenvalue weighted by atomic mass is 9.97. The monoisotopic (exact) mass is 609 g/mol. The summed E-state index contributed by atoms with van der Waals surface area (Å²) in [4.78, 5) is 53.0. The molecule has 0 unspecified atom stereocenters. The van der Waals surface area contributed by atoms with Crippen LogP contribution in [-0.2, 0) is 19.0 Å². The molecule has 0 radical (unpaired) electrons. The van der Waals surface area contributed by atoms with Crippen molar-refractivity contribution in [1.29, 1.82) is 0 Å². The highest BCUT2D eigenvalue weighted by Gasteiger charge is 2.40. The van der Waals surface area contributed by atoms with Crippen molar-refractivity contribution in [3.63, 3.8) is 0 Å². The number of hydrogen-bond acceptors (Lipinski definition) is 8. The van der Waals surface area contributed by atoms with Crippen molar-refractivity contribution in [3.05, 3.63) is 111 Å². The maximum atomic E-state index is 13.4. The number of methoxy groups -OCH3 is 3. The lowest BCUT2D eigenvalue weighted by Gasteiger charge is -2.29. The van der Waals surface area contributed by atoms with E-state index in [2.05, 4.69) is 10.4 Å². The highest BCUT2D eigenvalue weighted by Crippen LogP contribution is 2.41. The molecule has 1 heterocycles. The van der Waals surface area contributed by atoms with Crippen molar-refractivity contribution in [2.45, 2.75) is 12.1 Å². The predicted molar refractivity (Wildman–Crippen MR) is 155 cm³/mol. The number of amides is 1. The second-order valence-electron chi connectivity index (χ2n) is 8.79. The van der Waals surface area contributed by atoms with Gasteiger partial charge in [0.1, 0.15) is 11.6 Å². The smallest absolute Gasteiger partial charge is 0.359 e. The third-order valence-electron chi connectivity index (χ3n) is 6.38. The standard InChI is InChI=1S/C30H25Cl2N3O7/c1-40-28(37)22-23(29(38)41-2)34-35(26(22)21-19(31)15-10-16-20(21)32)25(17-11-6-4-7-12-17)24(30(39)42-3)33-27(36)18-13-8-5-9-14-18/h4-16,24-25H,1-3H3,(H,33,36)/t24-,25-/m0/s1. The highest BCUT2D eigenvalue weighted by atomic mass is 35.5. The number of aromatic nitrogens is 2. The van der Waals surface area contributed by atoms with Crippen LogP contribution in [-0.4, -0.2) is 61.0 Å². The van der Waals surface area contributed by atoms with E-state index >= 15 is 0 Å². The van der Waals surface area contributed by atoms with Crippen LogP contribution in [0.25, 0.3) is 11.3 Å². The number of nitrogens with one attached hydrogen (secondary N) is 1. The van der Waals surface area contributed by atoms with E-state index in [4.69, 9.17) is 37.4 Å². The Labute approximate surface area is 251 Å². The number of esters is 3. The van der Waals surface area contributed by atoms with Crippen molar-refractivity contribution in [3.8, 4) is 11.3 Å². The first kappa shape index (κ1) is 30.3. The van der Waals surface area contributed by atoms with Crippen LogP contribution in [0.4, 0.5) is 0 Å². The first-order chi connectivity index (χ1) is 20.2. The number of carbonyl (C=O) groups is 4. The molecular weight excluding hydrogens is 585 g/mol. The Bertz CT molecular complexity index is 1600. The van der Waals surface area contributed by atoms with E-state index in [-0.39, 0.29) is 32.4 Å². The Balaban J connectivity index is 2.10. The summed E-state index contributed by atoms with van der Waals surface area (Å²) in [6.07, 6.45) is 0. The summed E-state index contributed by atoms with van der Waals surface area (Å²) in [7, 11) is 3.42. The molecule has 1 N–H and O–H groups in total. The molecule has 42 heavy (non-hydrogen) atoms. The molecule has 1 aromatic heterocycles. The van der Waals surface area contributed by atoms with Crippen LogP contribution >= 0.6 is 23.2 Å². The molecule has 3 aromatic carbocycles. The van der Waals surface area contributed by atoms with Gasteiger partial charge in [-0.05, 0) is 29.8 Å². The van der Waals surface area contributed by atoms with E-state index in [1.165, 1.54) is 23.9 Å². The minimum atomic E-state index is -1.43. The van der Waals surface area contributed by atoms with Gasteiger partial charge in [-0.2, -0.15) is 5.10 Å². The molecule has 10 nitrogen and oxygen atoms in total. The highest BCUT2D eigenvalue weighted by molar-refractivity contribution is 6.39. The lowest BCUT2D eigenvalue weighted by Crippen LogP contribution is -2.48. The van der Waals surface area contributed by atoms with E-state index in [9.17, 15) is 19.2 Å². The van der Waals surface area contributed by atoms with Crippen molar-refractivity contribution in [2.75, 3.05) is 21.3 Å². The molecule has 4 aromatic rings. The molecule has 0 aliphatic rings. The molecule has 0 aliphatic heterocycles. The second-order valence-corrected chi connectivity index (χ2v) is 9.61. The Morgan fingerprint density at radius 1 is 0.762 bits per heavy atom. The topological polar surface area (TPSA) is 126 Å². The van der Waals surface area contributed by atoms with E-state index in [1.54, 1.807) is 66.7 Å². The number of rotatable bonds is 9. The fourth-order valence-corrected chi connectivity index (χ4v) is 5.04. The zero-order chi connectivity index (χ0) is 30.4. The first-order valence-corrected chi connectivity index (χ1v) is 13.2. The number of nitrogens with zero attached hydrogens (tertiary/aromatic N) is 2.